The molecule has 3 fully saturated rings. The Morgan fingerprint density at radius 1 is 1.40 bits per heavy atom. The van der Waals surface area contributed by atoms with Crippen LogP contribution in [0.3, 0.4) is 0 Å². The van der Waals surface area contributed by atoms with Crippen molar-refractivity contribution in [1.29, 1.82) is 0 Å². The molecule has 0 spiro atoms. The highest BCUT2D eigenvalue weighted by molar-refractivity contribution is 5.81. The van der Waals surface area contributed by atoms with Gasteiger partial charge in [0.05, 0.1) is 6.61 Å². The molecular weight excluding hydrogens is 252 g/mol. The summed E-state index contributed by atoms with van der Waals surface area (Å²) in [5, 5.41) is 0. The Bertz CT molecular complexity index is 373. The molecule has 4 atom stereocenters. The number of esters is 1. The first-order valence-electron chi connectivity index (χ1n) is 8.33. The second-order valence-corrected chi connectivity index (χ2v) is 6.97. The second-order valence-electron chi connectivity index (χ2n) is 6.97. The van der Waals surface area contributed by atoms with Crippen molar-refractivity contribution in [2.24, 2.45) is 17.6 Å². The third-order valence-electron chi connectivity index (χ3n) is 5.81. The molecule has 0 radical (unpaired) electrons. The topological polar surface area (TPSA) is 55.6 Å². The van der Waals surface area contributed by atoms with Crippen LogP contribution in [0, 0.1) is 11.8 Å². The zero-order chi connectivity index (χ0) is 14.2. The van der Waals surface area contributed by atoms with Crippen LogP contribution in [-0.2, 0) is 9.53 Å². The standard InChI is InChI=1S/C16H28N2O2/c1-2-20-15(19)16(17)8-3-4-13(16)7-9-18-11-12-5-6-14(18)10-12/h12-14H,2-11,17H2,1H3. The van der Waals surface area contributed by atoms with E-state index in [0.717, 1.165) is 44.2 Å². The van der Waals surface area contributed by atoms with Crippen molar-refractivity contribution >= 4 is 5.97 Å². The van der Waals surface area contributed by atoms with Gasteiger partial charge < -0.3 is 15.4 Å². The van der Waals surface area contributed by atoms with Crippen molar-refractivity contribution in [1.82, 2.24) is 4.90 Å². The van der Waals surface area contributed by atoms with Crippen LogP contribution in [0.5, 0.6) is 0 Å². The Hall–Kier alpha value is -0.610. The fourth-order valence-corrected chi connectivity index (χ4v) is 4.66. The minimum absolute atomic E-state index is 0.176. The first-order chi connectivity index (χ1) is 9.63. The van der Waals surface area contributed by atoms with Gasteiger partial charge in [0, 0.05) is 12.6 Å². The van der Waals surface area contributed by atoms with Gasteiger partial charge in [-0.15, -0.1) is 0 Å². The summed E-state index contributed by atoms with van der Waals surface area (Å²) in [5.74, 6) is 1.07. The lowest BCUT2D eigenvalue weighted by molar-refractivity contribution is -0.151. The molecule has 3 aliphatic rings. The van der Waals surface area contributed by atoms with Gasteiger partial charge in [-0.3, -0.25) is 4.79 Å². The van der Waals surface area contributed by atoms with Gasteiger partial charge in [0.15, 0.2) is 0 Å². The molecule has 0 aromatic rings. The smallest absolute Gasteiger partial charge is 0.326 e. The van der Waals surface area contributed by atoms with Crippen LogP contribution in [-0.4, -0.2) is 42.1 Å². The zero-order valence-corrected chi connectivity index (χ0v) is 12.6. The van der Waals surface area contributed by atoms with E-state index >= 15 is 0 Å². The molecule has 0 aromatic carbocycles. The molecule has 0 aromatic heterocycles. The third kappa shape index (κ3) is 2.48. The van der Waals surface area contributed by atoms with Crippen molar-refractivity contribution in [2.45, 2.75) is 63.5 Å². The van der Waals surface area contributed by atoms with E-state index in [1.54, 1.807) is 0 Å². The highest BCUT2D eigenvalue weighted by Gasteiger charge is 2.47. The number of fused-ring (bicyclic) bond motifs is 2. The van der Waals surface area contributed by atoms with Crippen molar-refractivity contribution in [3.05, 3.63) is 0 Å². The molecule has 114 valence electrons. The van der Waals surface area contributed by atoms with E-state index in [4.69, 9.17) is 10.5 Å². The minimum atomic E-state index is -0.714. The maximum absolute atomic E-state index is 12.1. The zero-order valence-electron chi connectivity index (χ0n) is 12.6. The maximum atomic E-state index is 12.1. The Labute approximate surface area is 122 Å². The first kappa shape index (κ1) is 14.3. The summed E-state index contributed by atoms with van der Waals surface area (Å²) in [6.45, 7) is 4.67. The Morgan fingerprint density at radius 2 is 2.25 bits per heavy atom. The average Bonchev–Trinajstić information content (AvgIpc) is 3.12. The molecule has 20 heavy (non-hydrogen) atoms. The molecule has 2 bridgehead atoms. The number of hydrogen-bond donors (Lipinski definition) is 1. The van der Waals surface area contributed by atoms with E-state index < -0.39 is 5.54 Å². The number of nitrogens with zero attached hydrogens (tertiary/aromatic N) is 1. The predicted molar refractivity (Wildman–Crippen MR) is 78.2 cm³/mol. The summed E-state index contributed by atoms with van der Waals surface area (Å²) in [4.78, 5) is 14.8. The molecule has 4 unspecified atom stereocenters. The Morgan fingerprint density at radius 3 is 2.90 bits per heavy atom. The summed E-state index contributed by atoms with van der Waals surface area (Å²) in [7, 11) is 0. The van der Waals surface area contributed by atoms with E-state index in [1.807, 2.05) is 6.92 Å². The van der Waals surface area contributed by atoms with Gasteiger partial charge in [0.2, 0.25) is 0 Å². The molecule has 1 aliphatic heterocycles. The maximum Gasteiger partial charge on any atom is 0.326 e. The lowest BCUT2D eigenvalue weighted by atomic mass is 9.85. The van der Waals surface area contributed by atoms with E-state index in [1.165, 1.54) is 25.8 Å². The van der Waals surface area contributed by atoms with Gasteiger partial charge in [-0.2, -0.15) is 0 Å². The van der Waals surface area contributed by atoms with Crippen molar-refractivity contribution in [3.63, 3.8) is 0 Å². The summed E-state index contributed by atoms with van der Waals surface area (Å²) < 4.78 is 5.20. The van der Waals surface area contributed by atoms with Crippen LogP contribution in [0.15, 0.2) is 0 Å². The normalized spacial score (nSPS) is 40.4. The monoisotopic (exact) mass is 280 g/mol. The Kier molecular flexibility index (Phi) is 4.04. The largest absolute Gasteiger partial charge is 0.465 e. The quantitative estimate of drug-likeness (QED) is 0.782. The highest BCUT2D eigenvalue weighted by atomic mass is 16.5. The minimum Gasteiger partial charge on any atom is -0.465 e. The summed E-state index contributed by atoms with van der Waals surface area (Å²) in [6, 6.07) is 0.816. The van der Waals surface area contributed by atoms with Crippen LogP contribution in [0.2, 0.25) is 0 Å². The first-order valence-corrected chi connectivity index (χ1v) is 8.33. The van der Waals surface area contributed by atoms with E-state index in [2.05, 4.69) is 4.90 Å². The van der Waals surface area contributed by atoms with Gasteiger partial charge >= 0.3 is 5.97 Å². The van der Waals surface area contributed by atoms with Crippen molar-refractivity contribution < 1.29 is 9.53 Å². The molecule has 2 N–H and O–H groups in total. The summed E-state index contributed by atoms with van der Waals surface area (Å²) in [5.41, 5.74) is 5.69. The summed E-state index contributed by atoms with van der Waals surface area (Å²) in [6.07, 6.45) is 8.19. The molecule has 1 heterocycles. The third-order valence-corrected chi connectivity index (χ3v) is 5.81. The SMILES string of the molecule is CCOC(=O)C1(N)CCCC1CCN1CC2CCC1C2. The molecule has 3 rings (SSSR count). The number of nitrogens with two attached hydrogens (primary N) is 1. The molecule has 2 aliphatic carbocycles. The van der Waals surface area contributed by atoms with Gasteiger partial charge in [-0.1, -0.05) is 6.42 Å². The number of carbonyl (C=O) groups is 1. The number of rotatable bonds is 5. The molecule has 0 amide bonds. The number of piperidine rings is 1. The molecule has 1 saturated heterocycles. The lowest BCUT2D eigenvalue weighted by Crippen LogP contribution is -2.52. The fourth-order valence-electron chi connectivity index (χ4n) is 4.66. The fraction of sp³-hybridized carbons (Fsp3) is 0.938. The van der Waals surface area contributed by atoms with Crippen LogP contribution in [0.4, 0.5) is 0 Å². The molecule has 4 heteroatoms. The van der Waals surface area contributed by atoms with Crippen molar-refractivity contribution in [3.8, 4) is 0 Å². The van der Waals surface area contributed by atoms with Crippen LogP contribution >= 0.6 is 0 Å². The van der Waals surface area contributed by atoms with Crippen molar-refractivity contribution in [2.75, 3.05) is 19.7 Å². The summed E-state index contributed by atoms with van der Waals surface area (Å²) >= 11 is 0. The number of ether oxygens (including phenoxy) is 1. The van der Waals surface area contributed by atoms with Crippen LogP contribution in [0.1, 0.15) is 51.9 Å². The van der Waals surface area contributed by atoms with E-state index in [9.17, 15) is 4.79 Å². The number of hydrogen-bond acceptors (Lipinski definition) is 4. The predicted octanol–water partition coefficient (Wildman–Crippen LogP) is 1.92. The van der Waals surface area contributed by atoms with Gasteiger partial charge in [0.1, 0.15) is 5.54 Å². The number of carbonyl (C=O) groups excluding carboxylic acids is 1. The van der Waals surface area contributed by atoms with Crippen LogP contribution < -0.4 is 5.73 Å². The van der Waals surface area contributed by atoms with Gasteiger partial charge in [0.25, 0.3) is 0 Å². The van der Waals surface area contributed by atoms with Gasteiger partial charge in [-0.05, 0) is 63.8 Å². The molecule has 2 saturated carbocycles. The van der Waals surface area contributed by atoms with Crippen LogP contribution in [0.25, 0.3) is 0 Å². The molecular formula is C16H28N2O2. The highest BCUT2D eigenvalue weighted by Crippen LogP contribution is 2.40. The second kappa shape index (κ2) is 5.64. The Balaban J connectivity index is 1.55. The van der Waals surface area contributed by atoms with E-state index in [0.29, 0.717) is 12.5 Å². The molecule has 4 nitrogen and oxygen atoms in total. The van der Waals surface area contributed by atoms with Gasteiger partial charge in [-0.25, -0.2) is 0 Å². The lowest BCUT2D eigenvalue weighted by Gasteiger charge is -2.32. The van der Waals surface area contributed by atoms with E-state index in [-0.39, 0.29) is 5.97 Å². The number of likely N-dealkylation sites (tertiary alicyclic amines) is 1. The average molecular weight is 280 g/mol.